The van der Waals surface area contributed by atoms with Gasteiger partial charge in [0.2, 0.25) is 5.91 Å². The molecule has 0 aliphatic rings. The summed E-state index contributed by atoms with van der Waals surface area (Å²) in [6, 6.07) is 4.81. The molecular formula is C12H12ClN3O3. The highest BCUT2D eigenvalue weighted by Gasteiger charge is 2.19. The van der Waals surface area contributed by atoms with Gasteiger partial charge in [0.15, 0.2) is 11.6 Å². The third-order valence-electron chi connectivity index (χ3n) is 2.41. The number of rotatable bonds is 3. The molecular weight excluding hydrogens is 270 g/mol. The second-order valence-electron chi connectivity index (χ2n) is 3.80. The molecule has 19 heavy (non-hydrogen) atoms. The molecule has 1 aromatic heterocycles. The van der Waals surface area contributed by atoms with Gasteiger partial charge in [0.1, 0.15) is 5.75 Å². The van der Waals surface area contributed by atoms with E-state index in [-0.39, 0.29) is 11.7 Å². The van der Waals surface area contributed by atoms with Crippen molar-refractivity contribution in [1.29, 1.82) is 0 Å². The number of carbonyl (C=O) groups is 1. The zero-order valence-corrected chi connectivity index (χ0v) is 11.1. The van der Waals surface area contributed by atoms with Crippen LogP contribution in [0.15, 0.2) is 22.7 Å². The van der Waals surface area contributed by atoms with Crippen molar-refractivity contribution < 1.29 is 14.1 Å². The van der Waals surface area contributed by atoms with Crippen molar-refractivity contribution in [2.45, 2.75) is 6.92 Å². The Kier molecular flexibility index (Phi) is 3.62. The largest absolute Gasteiger partial charge is 0.495 e. The number of nitrogens with one attached hydrogen (secondary N) is 1. The van der Waals surface area contributed by atoms with Crippen LogP contribution in [0.1, 0.15) is 6.92 Å². The molecule has 1 amide bonds. The van der Waals surface area contributed by atoms with Crippen molar-refractivity contribution in [2.75, 3.05) is 18.2 Å². The number of methoxy groups -OCH3 is 1. The average Bonchev–Trinajstić information content (AvgIpc) is 2.75. The van der Waals surface area contributed by atoms with Crippen LogP contribution in [-0.2, 0) is 4.79 Å². The normalized spacial score (nSPS) is 10.3. The minimum absolute atomic E-state index is 0.225. The maximum Gasteiger partial charge on any atom is 0.221 e. The third-order valence-corrected chi connectivity index (χ3v) is 2.73. The standard InChI is InChI=1S/C12H12ClN3O3/c1-6(17)15-12-8(18-2)4-3-7(13)11(12)9-5-10(14)16-19-9/h3-5H,1-2H3,(H2,14,16)(H,15,17). The maximum atomic E-state index is 11.3. The van der Waals surface area contributed by atoms with Crippen molar-refractivity contribution in [3.63, 3.8) is 0 Å². The van der Waals surface area contributed by atoms with Crippen molar-refractivity contribution in [3.8, 4) is 17.1 Å². The molecule has 0 bridgehead atoms. The Hall–Kier alpha value is -2.21. The number of amides is 1. The number of nitrogen functional groups attached to an aromatic ring is 1. The van der Waals surface area contributed by atoms with Gasteiger partial charge in [-0.3, -0.25) is 4.79 Å². The van der Waals surface area contributed by atoms with E-state index in [1.165, 1.54) is 20.1 Å². The quantitative estimate of drug-likeness (QED) is 0.902. The lowest BCUT2D eigenvalue weighted by Crippen LogP contribution is -2.08. The predicted octanol–water partition coefficient (Wildman–Crippen LogP) is 2.54. The van der Waals surface area contributed by atoms with Gasteiger partial charge >= 0.3 is 0 Å². The maximum absolute atomic E-state index is 11.3. The van der Waals surface area contributed by atoms with E-state index in [1.807, 2.05) is 0 Å². The van der Waals surface area contributed by atoms with Crippen LogP contribution in [0.4, 0.5) is 11.5 Å². The van der Waals surface area contributed by atoms with Gasteiger partial charge in [-0.15, -0.1) is 0 Å². The van der Waals surface area contributed by atoms with Crippen LogP contribution < -0.4 is 15.8 Å². The number of ether oxygens (including phenoxy) is 1. The molecule has 100 valence electrons. The second kappa shape index (κ2) is 5.19. The fourth-order valence-corrected chi connectivity index (χ4v) is 1.93. The van der Waals surface area contributed by atoms with E-state index in [4.69, 9.17) is 26.6 Å². The number of benzene rings is 1. The Labute approximate surface area is 114 Å². The molecule has 0 radical (unpaired) electrons. The minimum atomic E-state index is -0.255. The summed E-state index contributed by atoms with van der Waals surface area (Å²) in [4.78, 5) is 11.3. The zero-order valence-electron chi connectivity index (χ0n) is 10.4. The van der Waals surface area contributed by atoms with Crippen LogP contribution in [0.25, 0.3) is 11.3 Å². The Balaban J connectivity index is 2.65. The summed E-state index contributed by atoms with van der Waals surface area (Å²) in [5, 5.41) is 6.65. The predicted molar refractivity (Wildman–Crippen MR) is 72.2 cm³/mol. The van der Waals surface area contributed by atoms with Crippen LogP contribution in [0.5, 0.6) is 5.75 Å². The number of nitrogens with zero attached hydrogens (tertiary/aromatic N) is 1. The van der Waals surface area contributed by atoms with Gasteiger partial charge in [0.05, 0.1) is 23.4 Å². The fraction of sp³-hybridized carbons (Fsp3) is 0.167. The zero-order chi connectivity index (χ0) is 14.0. The van der Waals surface area contributed by atoms with Gasteiger partial charge in [-0.1, -0.05) is 16.8 Å². The van der Waals surface area contributed by atoms with Crippen LogP contribution in [-0.4, -0.2) is 18.2 Å². The number of hydrogen-bond acceptors (Lipinski definition) is 5. The first-order valence-electron chi connectivity index (χ1n) is 5.39. The number of halogens is 1. The Morgan fingerprint density at radius 1 is 1.53 bits per heavy atom. The van der Waals surface area contributed by atoms with Crippen molar-refractivity contribution in [2.24, 2.45) is 0 Å². The molecule has 1 aromatic carbocycles. The van der Waals surface area contributed by atoms with Crippen LogP contribution in [0.3, 0.4) is 0 Å². The molecule has 0 saturated carbocycles. The topological polar surface area (TPSA) is 90.4 Å². The molecule has 0 atom stereocenters. The van der Waals surface area contributed by atoms with E-state index in [0.717, 1.165) is 0 Å². The van der Waals surface area contributed by atoms with Gasteiger partial charge in [-0.05, 0) is 12.1 Å². The lowest BCUT2D eigenvalue weighted by Gasteiger charge is -2.13. The second-order valence-corrected chi connectivity index (χ2v) is 4.20. The summed E-state index contributed by atoms with van der Waals surface area (Å²) in [6.07, 6.45) is 0. The van der Waals surface area contributed by atoms with Crippen molar-refractivity contribution >= 4 is 29.0 Å². The first-order valence-corrected chi connectivity index (χ1v) is 5.77. The number of carbonyl (C=O) groups excluding carboxylic acids is 1. The number of aromatic nitrogens is 1. The van der Waals surface area contributed by atoms with Gasteiger partial charge in [-0.2, -0.15) is 0 Å². The molecule has 0 aliphatic heterocycles. The highest BCUT2D eigenvalue weighted by molar-refractivity contribution is 6.34. The molecule has 7 heteroatoms. The summed E-state index contributed by atoms with van der Waals surface area (Å²) >= 11 is 6.15. The average molecular weight is 282 g/mol. The van der Waals surface area contributed by atoms with E-state index in [1.54, 1.807) is 12.1 Å². The smallest absolute Gasteiger partial charge is 0.221 e. The van der Waals surface area contributed by atoms with Crippen molar-refractivity contribution in [1.82, 2.24) is 5.16 Å². The summed E-state index contributed by atoms with van der Waals surface area (Å²) in [7, 11) is 1.49. The van der Waals surface area contributed by atoms with E-state index in [2.05, 4.69) is 10.5 Å². The SMILES string of the molecule is COc1ccc(Cl)c(-c2cc(N)no2)c1NC(C)=O. The van der Waals surface area contributed by atoms with Gasteiger partial charge in [0, 0.05) is 13.0 Å². The van der Waals surface area contributed by atoms with E-state index < -0.39 is 0 Å². The molecule has 3 N–H and O–H groups in total. The number of anilines is 2. The molecule has 1 heterocycles. The minimum Gasteiger partial charge on any atom is -0.495 e. The van der Waals surface area contributed by atoms with E-state index >= 15 is 0 Å². The lowest BCUT2D eigenvalue weighted by molar-refractivity contribution is -0.114. The Bertz CT molecular complexity index is 625. The van der Waals surface area contributed by atoms with Gasteiger partial charge in [-0.25, -0.2) is 0 Å². The molecule has 2 aromatic rings. The van der Waals surface area contributed by atoms with Gasteiger partial charge in [0.25, 0.3) is 0 Å². The van der Waals surface area contributed by atoms with Crippen molar-refractivity contribution in [3.05, 3.63) is 23.2 Å². The number of hydrogen-bond donors (Lipinski definition) is 2. The molecule has 0 fully saturated rings. The first kappa shape index (κ1) is 13.2. The lowest BCUT2D eigenvalue weighted by atomic mass is 10.1. The van der Waals surface area contributed by atoms with Crippen LogP contribution in [0.2, 0.25) is 5.02 Å². The van der Waals surface area contributed by atoms with Crippen LogP contribution in [0, 0.1) is 0 Å². The monoisotopic (exact) mass is 281 g/mol. The molecule has 2 rings (SSSR count). The van der Waals surface area contributed by atoms with Gasteiger partial charge < -0.3 is 20.3 Å². The van der Waals surface area contributed by atoms with E-state index in [0.29, 0.717) is 27.8 Å². The molecule has 0 spiro atoms. The molecule has 0 aliphatic carbocycles. The van der Waals surface area contributed by atoms with E-state index in [9.17, 15) is 4.79 Å². The molecule has 6 nitrogen and oxygen atoms in total. The summed E-state index contributed by atoms with van der Waals surface area (Å²) in [5.41, 5.74) is 6.41. The third kappa shape index (κ3) is 2.63. The first-order chi connectivity index (χ1) is 9.02. The summed E-state index contributed by atoms with van der Waals surface area (Å²) in [5.74, 6) is 0.784. The fourth-order valence-electron chi connectivity index (χ4n) is 1.68. The number of nitrogens with two attached hydrogens (primary N) is 1. The molecule has 0 unspecified atom stereocenters. The highest BCUT2D eigenvalue weighted by Crippen LogP contribution is 2.41. The Morgan fingerprint density at radius 3 is 2.79 bits per heavy atom. The highest BCUT2D eigenvalue weighted by atomic mass is 35.5. The van der Waals surface area contributed by atoms with Crippen LogP contribution >= 0.6 is 11.6 Å². The summed E-state index contributed by atoms with van der Waals surface area (Å²) < 4.78 is 10.3. The summed E-state index contributed by atoms with van der Waals surface area (Å²) in [6.45, 7) is 1.39. The Morgan fingerprint density at radius 2 is 2.26 bits per heavy atom. The molecule has 0 saturated heterocycles.